The number of carbonyl (C=O) groups excluding carboxylic acids is 5. The number of ether oxygens (including phenoxy) is 2. The Kier molecular flexibility index (Phi) is 17.5. The second kappa shape index (κ2) is 24.3. The number of nitrogens with two attached hydrogens (primary N) is 3. The number of nitrogens with zero attached hydrogens (tertiary/aromatic N) is 2. The number of phenols is 1. The largest absolute Gasteiger partial charge is 0.508 e. The minimum Gasteiger partial charge on any atom is -0.508 e. The quantitative estimate of drug-likeness (QED) is 0.0266. The molecule has 376 valence electrons. The molecule has 5 aromatic rings. The Balaban J connectivity index is 1.14. The molecule has 1 saturated carbocycles. The van der Waals surface area contributed by atoms with Crippen LogP contribution >= 0.6 is 0 Å². The summed E-state index contributed by atoms with van der Waals surface area (Å²) in [7, 11) is 1.60. The van der Waals surface area contributed by atoms with Crippen LogP contribution in [0.5, 0.6) is 11.5 Å². The molecule has 3 atom stereocenters. The van der Waals surface area contributed by atoms with Gasteiger partial charge in [0.25, 0.3) is 0 Å². The van der Waals surface area contributed by atoms with E-state index in [9.17, 15) is 24.3 Å². The zero-order chi connectivity index (χ0) is 50.3. The van der Waals surface area contributed by atoms with Gasteiger partial charge in [0, 0.05) is 60.1 Å². The number of carbonyl (C=O) groups is 5. The van der Waals surface area contributed by atoms with Crippen molar-refractivity contribution in [2.45, 2.75) is 76.3 Å². The fraction of sp³-hybridized carbons (Fsp3) is 0.396. The summed E-state index contributed by atoms with van der Waals surface area (Å²) in [5.74, 6) is -3.25. The number of methoxy groups -OCH3 is 1. The van der Waals surface area contributed by atoms with Gasteiger partial charge in [0.15, 0.2) is 5.96 Å². The molecule has 0 bridgehead atoms. The van der Waals surface area contributed by atoms with Gasteiger partial charge in [0.2, 0.25) is 29.5 Å². The van der Waals surface area contributed by atoms with Gasteiger partial charge in [-0.05, 0) is 104 Å². The zero-order valence-electron chi connectivity index (χ0n) is 40.2. The smallest absolute Gasteiger partial charge is 0.243 e. The van der Waals surface area contributed by atoms with E-state index in [2.05, 4.69) is 36.1 Å². The number of unbranched alkanes of at least 4 members (excludes halogenated alkanes) is 1. The topological polar surface area (TPSA) is 282 Å². The normalized spacial score (nSPS) is 15.6. The highest BCUT2D eigenvalue weighted by Crippen LogP contribution is 2.45. The van der Waals surface area contributed by atoms with Crippen molar-refractivity contribution in [1.29, 1.82) is 0 Å². The first kappa shape index (κ1) is 51.3. The van der Waals surface area contributed by atoms with Crippen LogP contribution in [-0.4, -0.2) is 104 Å². The van der Waals surface area contributed by atoms with Gasteiger partial charge >= 0.3 is 0 Å². The average molecular weight is 971 g/mol. The summed E-state index contributed by atoms with van der Waals surface area (Å²) in [6.07, 6.45) is 5.90. The third-order valence-corrected chi connectivity index (χ3v) is 13.6. The van der Waals surface area contributed by atoms with Crippen molar-refractivity contribution < 1.29 is 38.6 Å². The molecule has 18 heteroatoms. The van der Waals surface area contributed by atoms with Crippen molar-refractivity contribution in [3.63, 3.8) is 0 Å². The van der Waals surface area contributed by atoms with Crippen LogP contribution in [0.4, 0.5) is 11.4 Å². The average Bonchev–Trinajstić information content (AvgIpc) is 3.78. The fourth-order valence-corrected chi connectivity index (χ4v) is 9.75. The van der Waals surface area contributed by atoms with E-state index >= 15 is 4.79 Å². The number of nitrogens with one attached hydrogen (secondary N) is 5. The number of H-pyrrole nitrogens is 1. The summed E-state index contributed by atoms with van der Waals surface area (Å²) in [5.41, 5.74) is 21.5. The van der Waals surface area contributed by atoms with Crippen molar-refractivity contribution in [3.05, 3.63) is 108 Å². The molecule has 1 aromatic heterocycles. The van der Waals surface area contributed by atoms with Crippen LogP contribution in [0.25, 0.3) is 22.0 Å². The highest BCUT2D eigenvalue weighted by molar-refractivity contribution is 5.98. The lowest BCUT2D eigenvalue weighted by Gasteiger charge is -2.40. The molecule has 71 heavy (non-hydrogen) atoms. The number of fused-ring (bicyclic) bond motifs is 1. The molecule has 0 unspecified atom stereocenters. The molecule has 5 amide bonds. The van der Waals surface area contributed by atoms with Crippen LogP contribution in [0.2, 0.25) is 0 Å². The number of primary amides is 1. The molecule has 18 nitrogen and oxygen atoms in total. The van der Waals surface area contributed by atoms with Crippen molar-refractivity contribution >= 4 is 57.8 Å². The number of aliphatic imine (C=N–C) groups is 1. The molecule has 2 fully saturated rings. The molecule has 4 aromatic carbocycles. The molecule has 12 N–H and O–H groups in total. The molecule has 0 radical (unpaired) electrons. The predicted molar refractivity (Wildman–Crippen MR) is 274 cm³/mol. The number of phenolic OH excluding ortho intramolecular Hbond substituents is 1. The molecular formula is C53H66N10O8. The maximum absolute atomic E-state index is 15.1. The number of rotatable bonds is 22. The van der Waals surface area contributed by atoms with Gasteiger partial charge in [0.1, 0.15) is 23.6 Å². The van der Waals surface area contributed by atoms with Crippen LogP contribution < -0.4 is 48.1 Å². The van der Waals surface area contributed by atoms with Crippen molar-refractivity contribution in [2.75, 3.05) is 56.7 Å². The van der Waals surface area contributed by atoms with Gasteiger partial charge in [-0.25, -0.2) is 0 Å². The van der Waals surface area contributed by atoms with Gasteiger partial charge in [-0.1, -0.05) is 61.7 Å². The Bertz CT molecular complexity index is 2650. The monoisotopic (exact) mass is 971 g/mol. The first-order valence-corrected chi connectivity index (χ1v) is 24.3. The highest BCUT2D eigenvalue weighted by atomic mass is 16.5. The molecule has 1 aliphatic heterocycles. The van der Waals surface area contributed by atoms with Gasteiger partial charge in [0.05, 0.1) is 38.2 Å². The van der Waals surface area contributed by atoms with E-state index in [-0.39, 0.29) is 37.5 Å². The summed E-state index contributed by atoms with van der Waals surface area (Å²) < 4.78 is 11.1. The van der Waals surface area contributed by atoms with Gasteiger partial charge in [-0.15, -0.1) is 0 Å². The van der Waals surface area contributed by atoms with E-state index in [1.807, 2.05) is 60.7 Å². The zero-order valence-corrected chi connectivity index (χ0v) is 40.2. The molecule has 1 saturated heterocycles. The fourth-order valence-electron chi connectivity index (χ4n) is 9.75. The lowest BCUT2D eigenvalue weighted by Crippen LogP contribution is -2.58. The third kappa shape index (κ3) is 13.4. The van der Waals surface area contributed by atoms with E-state index < -0.39 is 53.0 Å². The molecular weight excluding hydrogens is 905 g/mol. The Morgan fingerprint density at radius 2 is 1.55 bits per heavy atom. The molecule has 0 spiro atoms. The Morgan fingerprint density at radius 3 is 2.25 bits per heavy atom. The van der Waals surface area contributed by atoms with E-state index in [4.69, 9.17) is 26.7 Å². The van der Waals surface area contributed by atoms with Crippen LogP contribution in [0.1, 0.15) is 62.5 Å². The van der Waals surface area contributed by atoms with Crippen molar-refractivity contribution in [3.8, 4) is 22.6 Å². The lowest BCUT2D eigenvalue weighted by molar-refractivity contribution is -0.144. The molecule has 2 aliphatic rings. The number of aromatic hydroxyl groups is 1. The van der Waals surface area contributed by atoms with Gasteiger partial charge in [-0.3, -0.25) is 29.0 Å². The second-order valence-corrected chi connectivity index (χ2v) is 18.3. The number of hydrogen-bond donors (Lipinski definition) is 9. The third-order valence-electron chi connectivity index (χ3n) is 13.6. The van der Waals surface area contributed by atoms with Crippen molar-refractivity contribution in [2.24, 2.45) is 33.5 Å². The van der Waals surface area contributed by atoms with E-state index in [1.165, 1.54) is 0 Å². The van der Waals surface area contributed by atoms with Crippen molar-refractivity contribution in [1.82, 2.24) is 20.9 Å². The minimum absolute atomic E-state index is 0.00654. The summed E-state index contributed by atoms with van der Waals surface area (Å²) in [5, 5.41) is 22.5. The van der Waals surface area contributed by atoms with Gasteiger partial charge < -0.3 is 62.9 Å². The minimum atomic E-state index is -1.25. The first-order valence-electron chi connectivity index (χ1n) is 24.3. The number of guanidine groups is 1. The highest BCUT2D eigenvalue weighted by Gasteiger charge is 2.49. The number of morpholine rings is 1. The number of para-hydroxylation sites is 1. The van der Waals surface area contributed by atoms with Crippen LogP contribution in [-0.2, 0) is 41.6 Å². The molecule has 1 aliphatic carbocycles. The van der Waals surface area contributed by atoms with Crippen LogP contribution in [0, 0.1) is 11.3 Å². The SMILES string of the molecule is COc1ccccc1-c1ccc(C[C@H](NC(=O)[C@@H](Cc2c[nH]c3ccc(O)cc23)C2(C(N)=O)CCCCC2)C(=O)N[C@@H](CCCCN=C(N)N)C(=O)NCC(=O)Nc2ccc(N3CCOCC3)cc2)cc1. The number of aromatic amines is 1. The van der Waals surface area contributed by atoms with E-state index in [0.717, 1.165) is 41.8 Å². The van der Waals surface area contributed by atoms with Gasteiger partial charge in [-0.2, -0.15) is 0 Å². The lowest BCUT2D eigenvalue weighted by atomic mass is 9.63. The maximum Gasteiger partial charge on any atom is 0.243 e. The summed E-state index contributed by atoms with van der Waals surface area (Å²) in [4.78, 5) is 80.3. The Labute approximate surface area is 413 Å². The molecule has 7 rings (SSSR count). The number of hydrogen-bond acceptors (Lipinski definition) is 10. The van der Waals surface area contributed by atoms with Crippen LogP contribution in [0.3, 0.4) is 0 Å². The summed E-state index contributed by atoms with van der Waals surface area (Å²) >= 11 is 0. The van der Waals surface area contributed by atoms with E-state index in [1.54, 1.807) is 43.6 Å². The number of aromatic nitrogens is 1. The Hall–Kier alpha value is -7.60. The molecule has 2 heterocycles. The number of anilines is 2. The van der Waals surface area contributed by atoms with Crippen LogP contribution in [0.15, 0.2) is 102 Å². The number of amides is 5. The van der Waals surface area contributed by atoms with E-state index in [0.29, 0.717) is 86.2 Å². The maximum atomic E-state index is 15.1. The summed E-state index contributed by atoms with van der Waals surface area (Å²) in [6.45, 7) is 2.73. The standard InChI is InChI=1S/C53H66N10O8/c1-70-46-11-4-3-9-40(46)35-14-12-34(13-15-35)29-45(62-48(66)42(53(51(54)69)22-6-2-7-23-53)30-36-32-58-43-21-20-39(64)31-41(36)43)50(68)61-44(10-5-8-24-57-52(55)56)49(67)59-33-47(65)60-37-16-18-38(19-17-37)63-25-27-71-28-26-63/h3-4,9,11-21,31-32,42,44-45,58,64H,2,5-8,10,22-30,33H2,1H3,(H2,54,69)(H,59,67)(H,60,65)(H,61,68)(H,62,66)(H4,55,56,57)/t42-,44+,45+/m1/s1. The number of benzene rings is 4. The Morgan fingerprint density at radius 1 is 0.831 bits per heavy atom. The second-order valence-electron chi connectivity index (χ2n) is 18.3. The first-order chi connectivity index (χ1) is 34.3. The summed E-state index contributed by atoms with van der Waals surface area (Å²) in [6, 6.07) is 25.0. The predicted octanol–water partition coefficient (Wildman–Crippen LogP) is 4.39.